The Hall–Kier alpha value is -3.58. The lowest BCUT2D eigenvalue weighted by atomic mass is 9.93. The third-order valence-corrected chi connectivity index (χ3v) is 8.74. The Kier molecular flexibility index (Phi) is 8.78. The maximum absolute atomic E-state index is 14.0. The van der Waals surface area contributed by atoms with Crippen molar-refractivity contribution in [1.82, 2.24) is 14.8 Å². The maximum Gasteiger partial charge on any atom is 0.254 e. The number of carbonyl (C=O) groups excluding carboxylic acids is 1. The lowest BCUT2D eigenvalue weighted by Gasteiger charge is -2.31. The molecule has 0 fully saturated rings. The van der Waals surface area contributed by atoms with E-state index in [0.717, 1.165) is 76.9 Å². The molecule has 3 heterocycles. The first-order chi connectivity index (χ1) is 20.1. The SMILES string of the molecule is CCC(CCCC1(C)Oc2cc3c(c(C)c2O1)C(=O)N(Cc1c(C)cc(C)nc1OCc1ccccc1)CC3)N(C)C. The number of aromatic nitrogens is 1. The van der Waals surface area contributed by atoms with Crippen LogP contribution in [-0.2, 0) is 19.6 Å². The minimum atomic E-state index is -0.722. The minimum Gasteiger partial charge on any atom is -0.473 e. The normalized spacial score (nSPS) is 18.4. The summed E-state index contributed by atoms with van der Waals surface area (Å²) in [5, 5.41) is 0. The van der Waals surface area contributed by atoms with Crippen molar-refractivity contribution in [2.75, 3.05) is 20.6 Å². The summed E-state index contributed by atoms with van der Waals surface area (Å²) < 4.78 is 19.1. The molecular weight excluding hydrogens is 526 g/mol. The molecule has 0 radical (unpaired) electrons. The molecule has 1 amide bonds. The highest BCUT2D eigenvalue weighted by molar-refractivity contribution is 5.99. The molecule has 0 saturated carbocycles. The largest absolute Gasteiger partial charge is 0.473 e. The van der Waals surface area contributed by atoms with Crippen molar-refractivity contribution < 1.29 is 19.0 Å². The molecule has 2 aliphatic heterocycles. The predicted molar refractivity (Wildman–Crippen MR) is 165 cm³/mol. The first-order valence-electron chi connectivity index (χ1n) is 15.2. The highest BCUT2D eigenvalue weighted by Gasteiger charge is 2.40. The van der Waals surface area contributed by atoms with Gasteiger partial charge in [0.1, 0.15) is 6.61 Å². The van der Waals surface area contributed by atoms with Crippen LogP contribution in [0.2, 0.25) is 0 Å². The van der Waals surface area contributed by atoms with Gasteiger partial charge in [-0.2, -0.15) is 0 Å². The number of fused-ring (bicyclic) bond motifs is 2. The molecule has 0 N–H and O–H groups in total. The van der Waals surface area contributed by atoms with Gasteiger partial charge in [0.25, 0.3) is 5.91 Å². The molecule has 0 saturated heterocycles. The molecule has 2 atom stereocenters. The molecule has 3 aromatic rings. The van der Waals surface area contributed by atoms with Gasteiger partial charge in [0.15, 0.2) is 11.5 Å². The summed E-state index contributed by atoms with van der Waals surface area (Å²) in [4.78, 5) is 22.9. The summed E-state index contributed by atoms with van der Waals surface area (Å²) in [6, 6.07) is 14.7. The van der Waals surface area contributed by atoms with Gasteiger partial charge >= 0.3 is 0 Å². The van der Waals surface area contributed by atoms with E-state index in [9.17, 15) is 4.79 Å². The third-order valence-electron chi connectivity index (χ3n) is 8.74. The Bertz CT molecular complexity index is 1440. The zero-order valence-electron chi connectivity index (χ0n) is 26.3. The number of aryl methyl sites for hydroxylation is 2. The number of pyridine rings is 1. The Labute approximate surface area is 250 Å². The Morgan fingerprint density at radius 2 is 1.88 bits per heavy atom. The van der Waals surface area contributed by atoms with Crippen molar-refractivity contribution in [3.05, 3.63) is 81.5 Å². The lowest BCUT2D eigenvalue weighted by Crippen LogP contribution is -2.38. The molecule has 7 nitrogen and oxygen atoms in total. The number of hydrogen-bond donors (Lipinski definition) is 0. The van der Waals surface area contributed by atoms with E-state index in [2.05, 4.69) is 38.9 Å². The van der Waals surface area contributed by atoms with Crippen LogP contribution in [0.25, 0.3) is 0 Å². The first-order valence-corrected chi connectivity index (χ1v) is 15.2. The van der Waals surface area contributed by atoms with Gasteiger partial charge in [0, 0.05) is 48.3 Å². The van der Waals surface area contributed by atoms with E-state index >= 15 is 0 Å². The second-order valence-electron chi connectivity index (χ2n) is 12.2. The van der Waals surface area contributed by atoms with Crippen molar-refractivity contribution in [3.63, 3.8) is 0 Å². The highest BCUT2D eigenvalue weighted by atomic mass is 16.7. The van der Waals surface area contributed by atoms with Crippen LogP contribution >= 0.6 is 0 Å². The fraction of sp³-hybridized carbons (Fsp3) is 0.486. The predicted octanol–water partition coefficient (Wildman–Crippen LogP) is 6.78. The van der Waals surface area contributed by atoms with Crippen LogP contribution in [0.3, 0.4) is 0 Å². The Balaban J connectivity index is 1.32. The van der Waals surface area contributed by atoms with Crippen LogP contribution in [0.4, 0.5) is 0 Å². The van der Waals surface area contributed by atoms with Gasteiger partial charge in [-0.3, -0.25) is 4.79 Å². The van der Waals surface area contributed by atoms with Crippen LogP contribution < -0.4 is 14.2 Å². The molecule has 1 aromatic heterocycles. The summed E-state index contributed by atoms with van der Waals surface area (Å²) >= 11 is 0. The molecule has 2 aliphatic rings. The van der Waals surface area contributed by atoms with Crippen molar-refractivity contribution in [2.45, 2.75) is 91.7 Å². The second kappa shape index (κ2) is 12.3. The van der Waals surface area contributed by atoms with E-state index in [1.165, 1.54) is 0 Å². The zero-order valence-corrected chi connectivity index (χ0v) is 26.3. The fourth-order valence-corrected chi connectivity index (χ4v) is 6.31. The fourth-order valence-electron chi connectivity index (χ4n) is 6.31. The van der Waals surface area contributed by atoms with E-state index in [4.69, 9.17) is 19.2 Å². The molecule has 5 rings (SSSR count). The van der Waals surface area contributed by atoms with Gasteiger partial charge in [-0.05, 0) is 89.4 Å². The van der Waals surface area contributed by atoms with Crippen LogP contribution in [0, 0.1) is 20.8 Å². The Morgan fingerprint density at radius 3 is 2.60 bits per heavy atom. The number of ether oxygens (including phenoxy) is 3. The lowest BCUT2D eigenvalue weighted by molar-refractivity contribution is -0.0706. The van der Waals surface area contributed by atoms with Gasteiger partial charge in [0.2, 0.25) is 11.7 Å². The Morgan fingerprint density at radius 1 is 1.12 bits per heavy atom. The smallest absolute Gasteiger partial charge is 0.254 e. The van der Waals surface area contributed by atoms with Gasteiger partial charge < -0.3 is 24.0 Å². The molecule has 2 aromatic carbocycles. The number of benzene rings is 2. The van der Waals surface area contributed by atoms with Crippen LogP contribution in [0.15, 0.2) is 42.5 Å². The number of rotatable bonds is 11. The van der Waals surface area contributed by atoms with Gasteiger partial charge in [-0.1, -0.05) is 37.3 Å². The highest BCUT2D eigenvalue weighted by Crippen LogP contribution is 2.47. The van der Waals surface area contributed by atoms with E-state index in [1.807, 2.05) is 62.1 Å². The van der Waals surface area contributed by atoms with Crippen molar-refractivity contribution in [3.8, 4) is 17.4 Å². The topological polar surface area (TPSA) is 64.1 Å². The summed E-state index contributed by atoms with van der Waals surface area (Å²) in [5.41, 5.74) is 6.61. The monoisotopic (exact) mass is 571 g/mol. The summed E-state index contributed by atoms with van der Waals surface area (Å²) in [6.45, 7) is 11.8. The van der Waals surface area contributed by atoms with Crippen molar-refractivity contribution in [2.24, 2.45) is 0 Å². The molecule has 0 bridgehead atoms. The number of nitrogens with zero attached hydrogens (tertiary/aromatic N) is 3. The average molecular weight is 572 g/mol. The van der Waals surface area contributed by atoms with Crippen molar-refractivity contribution in [1.29, 1.82) is 0 Å². The quantitative estimate of drug-likeness (QED) is 0.253. The molecule has 224 valence electrons. The number of hydrogen-bond acceptors (Lipinski definition) is 6. The summed E-state index contributed by atoms with van der Waals surface area (Å²) in [7, 11) is 4.27. The minimum absolute atomic E-state index is 0.0134. The van der Waals surface area contributed by atoms with Gasteiger partial charge in [0.05, 0.1) is 6.54 Å². The third kappa shape index (κ3) is 6.26. The molecular formula is C35H45N3O4. The van der Waals surface area contributed by atoms with E-state index in [1.54, 1.807) is 0 Å². The van der Waals surface area contributed by atoms with Crippen molar-refractivity contribution >= 4 is 5.91 Å². The molecule has 42 heavy (non-hydrogen) atoms. The zero-order chi connectivity index (χ0) is 30.0. The molecule has 0 spiro atoms. The van der Waals surface area contributed by atoms with Gasteiger partial charge in [-0.15, -0.1) is 0 Å². The second-order valence-corrected chi connectivity index (χ2v) is 12.2. The van der Waals surface area contributed by atoms with E-state index < -0.39 is 5.79 Å². The first kappa shape index (κ1) is 29.9. The molecule has 7 heteroatoms. The van der Waals surface area contributed by atoms with Crippen LogP contribution in [0.1, 0.15) is 83.4 Å². The van der Waals surface area contributed by atoms with Crippen LogP contribution in [0.5, 0.6) is 17.4 Å². The van der Waals surface area contributed by atoms with Gasteiger partial charge in [-0.25, -0.2) is 4.98 Å². The van der Waals surface area contributed by atoms with E-state index in [0.29, 0.717) is 37.4 Å². The number of amides is 1. The average Bonchev–Trinajstić information content (AvgIpc) is 3.29. The summed E-state index contributed by atoms with van der Waals surface area (Å²) in [5.74, 6) is 1.34. The van der Waals surface area contributed by atoms with Crippen LogP contribution in [-0.4, -0.2) is 53.2 Å². The standard InChI is InChI=1S/C35H45N3O4/c1-8-28(37(6)7)15-12-17-35(5)41-30-20-27-16-18-38(34(39)31(27)25(4)32(30)42-35)21-29-23(2)19-24(3)36-33(29)40-22-26-13-10-9-11-14-26/h9-11,13-14,19-20,28H,8,12,15-18,21-22H2,1-7H3. The molecule has 2 unspecified atom stereocenters. The number of carbonyl (C=O) groups is 1. The maximum atomic E-state index is 14.0. The summed E-state index contributed by atoms with van der Waals surface area (Å²) in [6.07, 6.45) is 4.77. The van der Waals surface area contributed by atoms with E-state index in [-0.39, 0.29) is 5.91 Å². The molecule has 0 aliphatic carbocycles.